The highest BCUT2D eigenvalue weighted by molar-refractivity contribution is 8.14. The van der Waals surface area contributed by atoms with Gasteiger partial charge in [-0.3, -0.25) is 9.59 Å². The van der Waals surface area contributed by atoms with E-state index in [9.17, 15) is 18.0 Å². The van der Waals surface area contributed by atoms with Crippen molar-refractivity contribution in [3.8, 4) is 11.5 Å². The lowest BCUT2D eigenvalue weighted by Crippen LogP contribution is -2.25. The smallest absolute Gasteiger partial charge is 0.306 e. The monoisotopic (exact) mass is 401 g/mol. The van der Waals surface area contributed by atoms with Crippen LogP contribution in [0.2, 0.25) is 0 Å². The Balaban J connectivity index is 2.36. The number of benzene rings is 1. The third-order valence-corrected chi connectivity index (χ3v) is 4.63. The summed E-state index contributed by atoms with van der Waals surface area (Å²) in [5.41, 5.74) is 0.638. The van der Waals surface area contributed by atoms with Gasteiger partial charge in [-0.2, -0.15) is 8.42 Å². The number of rotatable bonds is 5. The molecule has 9 nitrogen and oxygen atoms in total. The topological polar surface area (TPSA) is 114 Å². The summed E-state index contributed by atoms with van der Waals surface area (Å²) in [6.45, 7) is 4.75. The minimum Gasteiger partial charge on any atom is -0.490 e. The zero-order valence-corrected chi connectivity index (χ0v) is 16.3. The molecule has 1 aromatic rings. The van der Waals surface area contributed by atoms with Crippen LogP contribution in [-0.4, -0.2) is 43.3 Å². The Labute approximate surface area is 155 Å². The first-order chi connectivity index (χ1) is 12.1. The molecule has 1 heterocycles. The van der Waals surface area contributed by atoms with Gasteiger partial charge in [0.2, 0.25) is 11.8 Å². The summed E-state index contributed by atoms with van der Waals surface area (Å²) in [6.07, 6.45) is 0.939. The Morgan fingerprint density at radius 1 is 1.31 bits per heavy atom. The van der Waals surface area contributed by atoms with Crippen LogP contribution in [0.25, 0.3) is 0 Å². The van der Waals surface area contributed by atoms with E-state index in [0.29, 0.717) is 17.3 Å². The van der Waals surface area contributed by atoms with Gasteiger partial charge in [0.05, 0.1) is 12.9 Å². The lowest BCUT2D eigenvalue weighted by molar-refractivity contribution is -0.129. The fourth-order valence-electron chi connectivity index (χ4n) is 2.16. The van der Waals surface area contributed by atoms with Gasteiger partial charge >= 0.3 is 10.1 Å². The highest BCUT2D eigenvalue weighted by Crippen LogP contribution is 2.41. The van der Waals surface area contributed by atoms with E-state index < -0.39 is 15.5 Å². The molecular weight excluding hydrogens is 382 g/mol. The average molecular weight is 401 g/mol. The molecule has 0 aromatic heterocycles. The summed E-state index contributed by atoms with van der Waals surface area (Å²) in [6, 6.07) is 4.66. The largest absolute Gasteiger partial charge is 0.490 e. The number of amidine groups is 1. The number of nitrogens with one attached hydrogen (secondary N) is 1. The molecule has 0 saturated heterocycles. The van der Waals surface area contributed by atoms with Crippen LogP contribution < -0.4 is 14.2 Å². The number of hydrazone groups is 1. The van der Waals surface area contributed by atoms with Gasteiger partial charge in [0.1, 0.15) is 5.37 Å². The number of hydrogen-bond acceptors (Lipinski definition) is 8. The number of hydrogen-bond donors (Lipinski definition) is 1. The zero-order chi connectivity index (χ0) is 19.5. The maximum atomic E-state index is 11.9. The van der Waals surface area contributed by atoms with Crippen LogP contribution in [0.5, 0.6) is 11.5 Å². The number of carbonyl (C=O) groups excluding carboxylic acids is 2. The molecule has 1 aliphatic rings. The molecule has 0 saturated carbocycles. The molecule has 0 spiro atoms. The minimum absolute atomic E-state index is 0.0541. The van der Waals surface area contributed by atoms with Crippen molar-refractivity contribution >= 4 is 38.9 Å². The normalized spacial score (nSPS) is 16.8. The molecule has 0 bridgehead atoms. The molecule has 0 radical (unpaired) electrons. The molecule has 142 valence electrons. The molecule has 1 atom stereocenters. The number of nitrogens with zero attached hydrogens (tertiary/aromatic N) is 2. The molecule has 2 amide bonds. The van der Waals surface area contributed by atoms with Crippen molar-refractivity contribution in [2.75, 3.05) is 12.9 Å². The van der Waals surface area contributed by atoms with Gasteiger partial charge in [-0.05, 0) is 24.6 Å². The van der Waals surface area contributed by atoms with Crippen LogP contribution in [0.4, 0.5) is 0 Å². The standard InChI is InChI=1S/C15H19N3O6S2/c1-5-23-13-8-11(6-7-12(13)24-26(4,21)22)14-18(10(3)20)17-15(25-14)16-9(2)19/h6-8,14H,5H2,1-4H3,(H,16,17,19)/t14-/m0/s1. The van der Waals surface area contributed by atoms with Crippen molar-refractivity contribution in [3.05, 3.63) is 23.8 Å². The fourth-order valence-corrected chi connectivity index (χ4v) is 3.75. The highest BCUT2D eigenvalue weighted by Gasteiger charge is 2.33. The van der Waals surface area contributed by atoms with Crippen LogP contribution in [0.1, 0.15) is 31.7 Å². The van der Waals surface area contributed by atoms with Crippen LogP contribution in [0, 0.1) is 0 Å². The van der Waals surface area contributed by atoms with Crippen molar-refractivity contribution in [2.45, 2.75) is 26.1 Å². The summed E-state index contributed by atoms with van der Waals surface area (Å²) in [7, 11) is -3.72. The van der Waals surface area contributed by atoms with Crippen molar-refractivity contribution < 1.29 is 26.9 Å². The average Bonchev–Trinajstić information content (AvgIpc) is 2.91. The van der Waals surface area contributed by atoms with Gasteiger partial charge in [0.15, 0.2) is 16.7 Å². The van der Waals surface area contributed by atoms with Crippen molar-refractivity contribution in [2.24, 2.45) is 5.10 Å². The van der Waals surface area contributed by atoms with Crippen molar-refractivity contribution in [1.82, 2.24) is 10.3 Å². The predicted molar refractivity (Wildman–Crippen MR) is 97.2 cm³/mol. The van der Waals surface area contributed by atoms with E-state index in [1.54, 1.807) is 19.1 Å². The van der Waals surface area contributed by atoms with Gasteiger partial charge in [0, 0.05) is 13.8 Å². The SMILES string of the molecule is CCOc1cc([C@@H]2SC(NC(C)=O)=NN2C(C)=O)ccc1OS(C)(=O)=O. The molecule has 0 fully saturated rings. The number of ether oxygens (including phenoxy) is 1. The molecule has 11 heteroatoms. The van der Waals surface area contributed by atoms with Gasteiger partial charge in [-0.15, -0.1) is 5.10 Å². The first-order valence-electron chi connectivity index (χ1n) is 7.59. The van der Waals surface area contributed by atoms with E-state index >= 15 is 0 Å². The van der Waals surface area contributed by atoms with E-state index in [4.69, 9.17) is 8.92 Å². The summed E-state index contributed by atoms with van der Waals surface area (Å²) >= 11 is 1.18. The molecule has 2 rings (SSSR count). The Morgan fingerprint density at radius 3 is 2.54 bits per heavy atom. The van der Waals surface area contributed by atoms with E-state index in [-0.39, 0.29) is 23.3 Å². The number of thioether (sulfide) groups is 1. The second-order valence-corrected chi connectivity index (χ2v) is 7.99. The summed E-state index contributed by atoms with van der Waals surface area (Å²) in [5, 5.41) is 7.67. The molecule has 1 aliphatic heterocycles. The first kappa shape index (κ1) is 20.0. The summed E-state index contributed by atoms with van der Waals surface area (Å²) < 4.78 is 33.2. The maximum absolute atomic E-state index is 11.9. The molecule has 26 heavy (non-hydrogen) atoms. The van der Waals surface area contributed by atoms with E-state index in [1.165, 1.54) is 36.7 Å². The van der Waals surface area contributed by atoms with Crippen LogP contribution in [0.15, 0.2) is 23.3 Å². The summed E-state index contributed by atoms with van der Waals surface area (Å²) in [5.74, 6) is -0.324. The Kier molecular flexibility index (Phi) is 6.13. The maximum Gasteiger partial charge on any atom is 0.306 e. The van der Waals surface area contributed by atoms with Crippen molar-refractivity contribution in [3.63, 3.8) is 0 Å². The van der Waals surface area contributed by atoms with E-state index in [1.807, 2.05) is 0 Å². The molecule has 1 N–H and O–H groups in total. The van der Waals surface area contributed by atoms with E-state index in [0.717, 1.165) is 6.26 Å². The third kappa shape index (κ3) is 5.11. The van der Waals surface area contributed by atoms with Gasteiger partial charge < -0.3 is 14.2 Å². The van der Waals surface area contributed by atoms with Gasteiger partial charge in [-0.1, -0.05) is 17.8 Å². The van der Waals surface area contributed by atoms with Gasteiger partial charge in [0.25, 0.3) is 0 Å². The number of carbonyl (C=O) groups is 2. The quantitative estimate of drug-likeness (QED) is 0.742. The number of amides is 2. The Morgan fingerprint density at radius 2 is 2.00 bits per heavy atom. The Hall–Kier alpha value is -2.27. The molecular formula is C15H19N3O6S2. The van der Waals surface area contributed by atoms with Crippen LogP contribution in [0.3, 0.4) is 0 Å². The summed E-state index contributed by atoms with van der Waals surface area (Å²) in [4.78, 5) is 23.1. The van der Waals surface area contributed by atoms with Crippen LogP contribution in [-0.2, 0) is 19.7 Å². The van der Waals surface area contributed by atoms with Crippen LogP contribution >= 0.6 is 11.8 Å². The molecule has 1 aromatic carbocycles. The molecule has 0 aliphatic carbocycles. The lowest BCUT2D eigenvalue weighted by Gasteiger charge is -2.20. The fraction of sp³-hybridized carbons (Fsp3) is 0.400. The van der Waals surface area contributed by atoms with Gasteiger partial charge in [-0.25, -0.2) is 5.01 Å². The zero-order valence-electron chi connectivity index (χ0n) is 14.7. The second-order valence-electron chi connectivity index (χ2n) is 5.35. The van der Waals surface area contributed by atoms with Crippen molar-refractivity contribution in [1.29, 1.82) is 0 Å². The van der Waals surface area contributed by atoms with E-state index in [2.05, 4.69) is 10.4 Å². The second kappa shape index (κ2) is 7.96. The highest BCUT2D eigenvalue weighted by atomic mass is 32.2. The minimum atomic E-state index is -3.72. The Bertz CT molecular complexity index is 853. The third-order valence-electron chi connectivity index (χ3n) is 3.04. The molecule has 0 unspecified atom stereocenters. The lowest BCUT2D eigenvalue weighted by atomic mass is 10.2. The predicted octanol–water partition coefficient (Wildman–Crippen LogP) is 1.42. The first-order valence-corrected chi connectivity index (χ1v) is 10.3.